The van der Waals surface area contributed by atoms with Crippen LogP contribution in [0.3, 0.4) is 0 Å². The molecule has 0 spiro atoms. The van der Waals surface area contributed by atoms with Crippen molar-refractivity contribution in [2.75, 3.05) is 20.2 Å². The van der Waals surface area contributed by atoms with Gasteiger partial charge in [-0.1, -0.05) is 12.1 Å². The zero-order chi connectivity index (χ0) is 18.7. The van der Waals surface area contributed by atoms with Crippen molar-refractivity contribution in [1.29, 1.82) is 0 Å². The summed E-state index contributed by atoms with van der Waals surface area (Å²) in [5, 5.41) is 6.26. The molecule has 0 aliphatic carbocycles. The van der Waals surface area contributed by atoms with E-state index >= 15 is 0 Å². The van der Waals surface area contributed by atoms with E-state index in [0.717, 1.165) is 24.6 Å². The number of aryl methyl sites for hydroxylation is 1. The van der Waals surface area contributed by atoms with Crippen molar-refractivity contribution in [3.8, 4) is 5.75 Å². The molecule has 3 rings (SSSR count). The Morgan fingerprint density at radius 2 is 2.00 bits per heavy atom. The fraction of sp³-hybridized carbons (Fsp3) is 0.350. The lowest BCUT2D eigenvalue weighted by Gasteiger charge is -2.33. The van der Waals surface area contributed by atoms with Gasteiger partial charge in [0, 0.05) is 24.1 Å². The Bertz CT molecular complexity index is 810. The second kappa shape index (κ2) is 7.83. The molecule has 1 amide bonds. The molecule has 2 atom stereocenters. The number of amides is 1. The highest BCUT2D eigenvalue weighted by molar-refractivity contribution is 5.95. The smallest absolute Gasteiger partial charge is 0.251 e. The first kappa shape index (κ1) is 18.3. The van der Waals surface area contributed by atoms with Crippen molar-refractivity contribution in [3.05, 3.63) is 64.7 Å². The molecular weight excluding hydrogens is 338 g/mol. The van der Waals surface area contributed by atoms with Crippen molar-refractivity contribution in [2.24, 2.45) is 0 Å². The molecule has 2 aromatic rings. The van der Waals surface area contributed by atoms with Gasteiger partial charge in [-0.3, -0.25) is 4.79 Å². The van der Waals surface area contributed by atoms with Crippen LogP contribution in [0.25, 0.3) is 0 Å². The second-order valence-electron chi connectivity index (χ2n) is 6.54. The summed E-state index contributed by atoms with van der Waals surface area (Å²) in [4.78, 5) is 12.7. The molecule has 0 bridgehead atoms. The van der Waals surface area contributed by atoms with Gasteiger partial charge in [-0.2, -0.15) is 0 Å². The van der Waals surface area contributed by atoms with Crippen molar-refractivity contribution in [1.82, 2.24) is 10.6 Å². The molecule has 26 heavy (non-hydrogen) atoms. The van der Waals surface area contributed by atoms with Crippen LogP contribution >= 0.6 is 0 Å². The molecule has 1 saturated heterocycles. The number of benzene rings is 2. The standard InChI is InChI=1S/C20H22F2N2O2/c1-12-3-4-14(10-19(12)26-2)20(25)24-18-11-23-8-7-15(18)13-5-6-16(21)17(22)9-13/h3-6,9-10,15,18,23H,7-8,11H2,1-2H3,(H,24,25). The highest BCUT2D eigenvalue weighted by atomic mass is 19.2. The molecule has 2 unspecified atom stereocenters. The van der Waals surface area contributed by atoms with Gasteiger partial charge in [-0.05, 0) is 55.3 Å². The quantitative estimate of drug-likeness (QED) is 0.881. The summed E-state index contributed by atoms with van der Waals surface area (Å²) in [7, 11) is 1.56. The molecule has 1 aliphatic heterocycles. The van der Waals surface area contributed by atoms with Crippen molar-refractivity contribution >= 4 is 5.91 Å². The number of carbonyl (C=O) groups excluding carboxylic acids is 1. The highest BCUT2D eigenvalue weighted by Gasteiger charge is 2.28. The fourth-order valence-corrected chi connectivity index (χ4v) is 3.37. The zero-order valence-corrected chi connectivity index (χ0v) is 14.8. The van der Waals surface area contributed by atoms with Crippen LogP contribution in [0.4, 0.5) is 8.78 Å². The molecular formula is C20H22F2N2O2. The lowest BCUT2D eigenvalue weighted by atomic mass is 9.85. The van der Waals surface area contributed by atoms with Gasteiger partial charge in [0.25, 0.3) is 5.91 Å². The molecule has 1 heterocycles. The minimum atomic E-state index is -0.866. The van der Waals surface area contributed by atoms with Crippen LogP contribution in [0.2, 0.25) is 0 Å². The van der Waals surface area contributed by atoms with Crippen molar-refractivity contribution in [2.45, 2.75) is 25.3 Å². The monoisotopic (exact) mass is 360 g/mol. The first-order valence-electron chi connectivity index (χ1n) is 8.60. The van der Waals surface area contributed by atoms with Gasteiger partial charge in [0.05, 0.1) is 7.11 Å². The Labute approximate surface area is 151 Å². The SMILES string of the molecule is COc1cc(C(=O)NC2CNCCC2c2ccc(F)c(F)c2)ccc1C. The number of ether oxygens (including phenoxy) is 1. The second-order valence-corrected chi connectivity index (χ2v) is 6.54. The first-order chi connectivity index (χ1) is 12.5. The van der Waals surface area contributed by atoms with Gasteiger partial charge in [-0.25, -0.2) is 8.78 Å². The maximum atomic E-state index is 13.6. The summed E-state index contributed by atoms with van der Waals surface area (Å²) in [5.74, 6) is -1.38. The lowest BCUT2D eigenvalue weighted by Crippen LogP contribution is -2.50. The average Bonchev–Trinajstić information content (AvgIpc) is 2.65. The Hall–Kier alpha value is -2.47. The highest BCUT2D eigenvalue weighted by Crippen LogP contribution is 2.27. The molecule has 1 aliphatic rings. The summed E-state index contributed by atoms with van der Waals surface area (Å²) in [6.07, 6.45) is 0.729. The van der Waals surface area contributed by atoms with E-state index in [1.54, 1.807) is 25.3 Å². The normalized spacial score (nSPS) is 19.8. The summed E-state index contributed by atoms with van der Waals surface area (Å²) >= 11 is 0. The number of methoxy groups -OCH3 is 1. The van der Waals surface area contributed by atoms with Gasteiger partial charge < -0.3 is 15.4 Å². The van der Waals surface area contributed by atoms with Crippen LogP contribution in [0.5, 0.6) is 5.75 Å². The van der Waals surface area contributed by atoms with E-state index in [-0.39, 0.29) is 17.9 Å². The summed E-state index contributed by atoms with van der Waals surface area (Å²) in [5.41, 5.74) is 2.14. The third-order valence-electron chi connectivity index (χ3n) is 4.84. The van der Waals surface area contributed by atoms with Gasteiger partial charge in [0.2, 0.25) is 0 Å². The predicted molar refractivity (Wildman–Crippen MR) is 95.6 cm³/mol. The number of halogens is 2. The number of hydrogen-bond donors (Lipinski definition) is 2. The van der Waals surface area contributed by atoms with E-state index in [2.05, 4.69) is 10.6 Å². The number of rotatable bonds is 4. The Morgan fingerprint density at radius 1 is 1.19 bits per heavy atom. The van der Waals surface area contributed by atoms with Gasteiger partial charge in [0.1, 0.15) is 5.75 Å². The zero-order valence-electron chi connectivity index (χ0n) is 14.8. The van der Waals surface area contributed by atoms with Crippen molar-refractivity contribution in [3.63, 3.8) is 0 Å². The van der Waals surface area contributed by atoms with Crippen molar-refractivity contribution < 1.29 is 18.3 Å². The molecule has 0 saturated carbocycles. The van der Waals surface area contributed by atoms with E-state index in [9.17, 15) is 13.6 Å². The van der Waals surface area contributed by atoms with Crippen LogP contribution in [0.15, 0.2) is 36.4 Å². The van der Waals surface area contributed by atoms with E-state index in [0.29, 0.717) is 23.4 Å². The van der Waals surface area contributed by atoms with Crippen LogP contribution in [-0.4, -0.2) is 32.1 Å². The van der Waals surface area contributed by atoms with E-state index in [1.807, 2.05) is 13.0 Å². The summed E-state index contributed by atoms with van der Waals surface area (Å²) in [6.45, 7) is 3.23. The number of nitrogens with one attached hydrogen (secondary N) is 2. The number of piperidine rings is 1. The molecule has 4 nitrogen and oxygen atoms in total. The van der Waals surface area contributed by atoms with Crippen LogP contribution in [-0.2, 0) is 0 Å². The maximum Gasteiger partial charge on any atom is 0.251 e. The molecule has 2 aromatic carbocycles. The van der Waals surface area contributed by atoms with Gasteiger partial charge in [-0.15, -0.1) is 0 Å². The Morgan fingerprint density at radius 3 is 2.73 bits per heavy atom. The first-order valence-corrected chi connectivity index (χ1v) is 8.60. The summed E-state index contributed by atoms with van der Waals surface area (Å²) in [6, 6.07) is 9.01. The minimum Gasteiger partial charge on any atom is -0.496 e. The molecule has 0 radical (unpaired) electrons. The van der Waals surface area contributed by atoms with Crippen LogP contribution < -0.4 is 15.4 Å². The van der Waals surface area contributed by atoms with E-state index in [1.165, 1.54) is 6.07 Å². The molecule has 0 aromatic heterocycles. The molecule has 1 fully saturated rings. The topological polar surface area (TPSA) is 50.4 Å². The third kappa shape index (κ3) is 3.85. The third-order valence-corrected chi connectivity index (χ3v) is 4.84. The van der Waals surface area contributed by atoms with Crippen LogP contribution in [0, 0.1) is 18.6 Å². The average molecular weight is 360 g/mol. The lowest BCUT2D eigenvalue weighted by molar-refractivity contribution is 0.0924. The van der Waals surface area contributed by atoms with Gasteiger partial charge in [0.15, 0.2) is 11.6 Å². The minimum absolute atomic E-state index is 0.0809. The van der Waals surface area contributed by atoms with E-state index in [4.69, 9.17) is 4.74 Å². The fourth-order valence-electron chi connectivity index (χ4n) is 3.37. The Balaban J connectivity index is 1.79. The molecule has 6 heteroatoms. The summed E-state index contributed by atoms with van der Waals surface area (Å²) < 4.78 is 32.1. The van der Waals surface area contributed by atoms with E-state index < -0.39 is 11.6 Å². The molecule has 2 N–H and O–H groups in total. The van der Waals surface area contributed by atoms with Gasteiger partial charge >= 0.3 is 0 Å². The largest absolute Gasteiger partial charge is 0.496 e. The molecule has 138 valence electrons. The Kier molecular flexibility index (Phi) is 5.52. The maximum absolute atomic E-state index is 13.6. The van der Waals surface area contributed by atoms with Crippen LogP contribution in [0.1, 0.15) is 33.8 Å². The predicted octanol–water partition coefficient (Wildman–Crippen LogP) is 3.16. The number of hydrogen-bond acceptors (Lipinski definition) is 3. The number of carbonyl (C=O) groups is 1.